The predicted octanol–water partition coefficient (Wildman–Crippen LogP) is -1.16. The second-order valence-electron chi connectivity index (χ2n) is 12.9. The molecule has 2 aromatic rings. The molecule has 48 heavy (non-hydrogen) atoms. The number of phenols is 1. The lowest BCUT2D eigenvalue weighted by Gasteiger charge is -2.60. The quantitative estimate of drug-likeness (QED) is 0.164. The Balaban J connectivity index is 1.64. The van der Waals surface area contributed by atoms with Crippen molar-refractivity contribution in [2.45, 2.75) is 30.0 Å². The summed E-state index contributed by atoms with van der Waals surface area (Å²) >= 11 is 0. The van der Waals surface area contributed by atoms with Gasteiger partial charge in [-0.05, 0) is 50.7 Å². The highest BCUT2D eigenvalue weighted by Gasteiger charge is 2.78. The first-order valence-electron chi connectivity index (χ1n) is 14.7. The SMILES string of the molecule is CN(C)c1cc(NC(=O)NC(=O)c2ccccc2)c(O)c2c1C[C@@]1(N)C[C@@]3(N)[C@H](N(C)C)C(=O)C(C(N)=O)C(=O)[C@@]3(C#N)C(=O)C1C2=O. The molecule has 2 aromatic carbocycles. The highest BCUT2D eigenvalue weighted by Crippen LogP contribution is 2.57. The first-order chi connectivity index (χ1) is 22.4. The van der Waals surface area contributed by atoms with Gasteiger partial charge in [-0.3, -0.25) is 39.0 Å². The maximum Gasteiger partial charge on any atom is 0.326 e. The number of hydrogen-bond acceptors (Lipinski definition) is 13. The van der Waals surface area contributed by atoms with Crippen molar-refractivity contribution in [3.63, 3.8) is 0 Å². The van der Waals surface area contributed by atoms with Gasteiger partial charge in [-0.2, -0.15) is 5.26 Å². The first kappa shape index (κ1) is 33.9. The van der Waals surface area contributed by atoms with Crippen molar-refractivity contribution in [3.8, 4) is 11.8 Å². The summed E-state index contributed by atoms with van der Waals surface area (Å²) in [6.07, 6.45) is -0.870. The molecule has 0 aliphatic heterocycles. The number of ketones is 4. The number of rotatable bonds is 5. The molecule has 3 aliphatic rings. The van der Waals surface area contributed by atoms with Crippen LogP contribution in [0.15, 0.2) is 36.4 Å². The number of amides is 4. The summed E-state index contributed by atoms with van der Waals surface area (Å²) in [5.74, 6) is -11.9. The maximum atomic E-state index is 14.6. The number of hydrogen-bond donors (Lipinski definition) is 6. The third-order valence-corrected chi connectivity index (χ3v) is 9.56. The molecule has 9 N–H and O–H groups in total. The summed E-state index contributed by atoms with van der Waals surface area (Å²) in [5.41, 5.74) is 12.0. The van der Waals surface area contributed by atoms with Crippen LogP contribution >= 0.6 is 0 Å². The van der Waals surface area contributed by atoms with Gasteiger partial charge < -0.3 is 32.5 Å². The van der Waals surface area contributed by atoms with Crippen LogP contribution in [0.25, 0.3) is 0 Å². The Morgan fingerprint density at radius 2 is 1.65 bits per heavy atom. The van der Waals surface area contributed by atoms with E-state index in [1.54, 1.807) is 43.3 Å². The molecule has 5 rings (SSSR count). The molecule has 2 unspecified atom stereocenters. The Bertz CT molecular complexity index is 1870. The summed E-state index contributed by atoms with van der Waals surface area (Å²) in [7, 11) is 6.04. The number of urea groups is 1. The molecule has 0 saturated heterocycles. The summed E-state index contributed by atoms with van der Waals surface area (Å²) in [6, 6.07) is 8.24. The van der Waals surface area contributed by atoms with Crippen LogP contribution in [0, 0.1) is 28.6 Å². The third kappa shape index (κ3) is 4.58. The number of carbonyl (C=O) groups excluding carboxylic acids is 7. The molecule has 250 valence electrons. The Morgan fingerprint density at radius 1 is 1.02 bits per heavy atom. The number of imide groups is 1. The lowest BCUT2D eigenvalue weighted by Crippen LogP contribution is -2.85. The van der Waals surface area contributed by atoms with Crippen LogP contribution in [0.3, 0.4) is 0 Å². The molecule has 3 aliphatic carbocycles. The Hall–Kier alpha value is -5.50. The number of nitrogens with one attached hydrogen (secondary N) is 2. The molecule has 6 atom stereocenters. The van der Waals surface area contributed by atoms with Gasteiger partial charge in [-0.1, -0.05) is 18.2 Å². The van der Waals surface area contributed by atoms with E-state index in [4.69, 9.17) is 17.2 Å². The molecule has 0 bridgehead atoms. The minimum atomic E-state index is -2.90. The van der Waals surface area contributed by atoms with Crippen molar-refractivity contribution in [1.82, 2.24) is 10.2 Å². The van der Waals surface area contributed by atoms with Crippen LogP contribution < -0.4 is 32.7 Å². The number of nitriles is 1. The highest BCUT2D eigenvalue weighted by molar-refractivity contribution is 6.33. The zero-order valence-electron chi connectivity index (χ0n) is 26.5. The average Bonchev–Trinajstić information content (AvgIpc) is 2.97. The molecule has 0 aromatic heterocycles. The molecule has 0 heterocycles. The van der Waals surface area contributed by atoms with E-state index >= 15 is 0 Å². The fraction of sp³-hybridized carbons (Fsp3) is 0.375. The van der Waals surface area contributed by atoms with E-state index in [2.05, 4.69) is 10.6 Å². The topological polar surface area (TPSA) is 272 Å². The summed E-state index contributed by atoms with van der Waals surface area (Å²) in [6.45, 7) is 0. The smallest absolute Gasteiger partial charge is 0.326 e. The third-order valence-electron chi connectivity index (χ3n) is 9.56. The van der Waals surface area contributed by atoms with Gasteiger partial charge in [0.05, 0.1) is 28.9 Å². The Kier molecular flexibility index (Phi) is 7.99. The van der Waals surface area contributed by atoms with Crippen LogP contribution in [0.1, 0.15) is 32.7 Å². The summed E-state index contributed by atoms with van der Waals surface area (Å²) in [4.78, 5) is 97.0. The van der Waals surface area contributed by atoms with Crippen LogP contribution in [-0.2, 0) is 25.6 Å². The minimum Gasteiger partial charge on any atom is -0.505 e. The van der Waals surface area contributed by atoms with E-state index in [0.29, 0.717) is 0 Å². The number of anilines is 2. The number of benzene rings is 2. The van der Waals surface area contributed by atoms with E-state index in [0.717, 1.165) is 0 Å². The fourth-order valence-corrected chi connectivity index (χ4v) is 7.67. The molecule has 2 fully saturated rings. The van der Waals surface area contributed by atoms with Crippen molar-refractivity contribution < 1.29 is 38.7 Å². The van der Waals surface area contributed by atoms with Gasteiger partial charge in [-0.15, -0.1) is 0 Å². The van der Waals surface area contributed by atoms with Gasteiger partial charge in [-0.25, -0.2) is 4.79 Å². The number of phenolic OH excluding ortho intramolecular Hbond substituents is 1. The number of fused-ring (bicyclic) bond motifs is 3. The molecule has 16 heteroatoms. The predicted molar refractivity (Wildman–Crippen MR) is 169 cm³/mol. The van der Waals surface area contributed by atoms with Crippen molar-refractivity contribution in [3.05, 3.63) is 53.1 Å². The van der Waals surface area contributed by atoms with Crippen LogP contribution in [0.5, 0.6) is 5.75 Å². The highest BCUT2D eigenvalue weighted by atomic mass is 16.3. The van der Waals surface area contributed by atoms with Crippen LogP contribution in [0.2, 0.25) is 0 Å². The minimum absolute atomic E-state index is 0.165. The van der Waals surface area contributed by atoms with Crippen molar-refractivity contribution in [2.24, 2.45) is 34.5 Å². The summed E-state index contributed by atoms with van der Waals surface area (Å²) < 4.78 is 0. The number of likely N-dealkylation sites (N-methyl/N-ethyl adjacent to an activating group) is 1. The van der Waals surface area contributed by atoms with Gasteiger partial charge in [0.15, 0.2) is 34.5 Å². The van der Waals surface area contributed by atoms with Crippen molar-refractivity contribution in [2.75, 3.05) is 38.4 Å². The monoisotopic (exact) mass is 658 g/mol. The lowest BCUT2D eigenvalue weighted by atomic mass is 9.42. The van der Waals surface area contributed by atoms with Crippen LogP contribution in [-0.4, -0.2) is 96.3 Å². The number of aromatic hydroxyl groups is 1. The second-order valence-corrected chi connectivity index (χ2v) is 12.9. The molecular formula is C32H34N8O8. The number of nitrogens with zero attached hydrogens (tertiary/aromatic N) is 3. The van der Waals surface area contributed by atoms with E-state index in [-0.39, 0.29) is 28.9 Å². The normalized spacial score (nSPS) is 29.2. The maximum absolute atomic E-state index is 14.6. The molecule has 0 spiro atoms. The number of primary amides is 1. The van der Waals surface area contributed by atoms with Gasteiger partial charge in [0.1, 0.15) is 11.7 Å². The number of Topliss-reactive ketones (excluding diaryl/α,β-unsaturated/α-hetero) is 4. The molecular weight excluding hydrogens is 624 g/mol. The Labute approximate surface area is 274 Å². The Morgan fingerprint density at radius 3 is 2.19 bits per heavy atom. The van der Waals surface area contributed by atoms with Crippen molar-refractivity contribution >= 4 is 52.4 Å². The number of carbonyl (C=O) groups is 7. The standard InChI is InChI=1S/C32H34N8O8/c1-39(2)17-10-16(37-29(48)38-28(47)14-8-6-5-7-9-14)21(41)18-15(17)11-30(35)12-32(36)24(40(3)4)23(43)19(27(34)46)25(44)31(32,13-33)26(45)20(30)22(18)42/h5-10,19-20,24,41H,11-12,35-36H2,1-4H3,(H2,34,46)(H2,37,38,47,48)/t19?,20?,24-,30-,31+,32-/m1/s1. The van der Waals surface area contributed by atoms with E-state index < -0.39 is 93.1 Å². The van der Waals surface area contributed by atoms with Gasteiger partial charge >= 0.3 is 6.03 Å². The van der Waals surface area contributed by atoms with Gasteiger partial charge in [0.2, 0.25) is 5.91 Å². The fourth-order valence-electron chi connectivity index (χ4n) is 7.67. The zero-order valence-corrected chi connectivity index (χ0v) is 26.5. The average molecular weight is 659 g/mol. The van der Waals surface area contributed by atoms with Gasteiger partial charge in [0.25, 0.3) is 5.91 Å². The largest absolute Gasteiger partial charge is 0.505 e. The van der Waals surface area contributed by atoms with Crippen molar-refractivity contribution in [1.29, 1.82) is 5.26 Å². The van der Waals surface area contributed by atoms with Crippen LogP contribution in [0.4, 0.5) is 16.2 Å². The van der Waals surface area contributed by atoms with E-state index in [1.807, 2.05) is 0 Å². The molecule has 2 saturated carbocycles. The molecule has 0 radical (unpaired) electrons. The second kappa shape index (κ2) is 11.3. The zero-order chi connectivity index (χ0) is 35.7. The summed E-state index contributed by atoms with van der Waals surface area (Å²) in [5, 5.41) is 26.4. The molecule has 16 nitrogen and oxygen atoms in total. The molecule has 4 amide bonds. The van der Waals surface area contributed by atoms with E-state index in [9.17, 15) is 43.9 Å². The number of nitrogens with two attached hydrogens (primary N) is 3. The van der Waals surface area contributed by atoms with E-state index in [1.165, 1.54) is 37.2 Å². The lowest BCUT2D eigenvalue weighted by molar-refractivity contribution is -0.166. The van der Waals surface area contributed by atoms with Gasteiger partial charge in [0, 0.05) is 30.9 Å². The first-order valence-corrected chi connectivity index (χ1v) is 14.7.